The van der Waals surface area contributed by atoms with Crippen LogP contribution >= 0.6 is 15.9 Å². The van der Waals surface area contributed by atoms with Crippen LogP contribution in [0.25, 0.3) is 0 Å². The van der Waals surface area contributed by atoms with Crippen LogP contribution in [0.2, 0.25) is 0 Å². The average molecular weight is 353 g/mol. The van der Waals surface area contributed by atoms with Crippen molar-refractivity contribution in [1.29, 1.82) is 0 Å². The number of rotatable bonds is 4. The van der Waals surface area contributed by atoms with E-state index in [0.29, 0.717) is 11.5 Å². The molecular weight excluding hydrogens is 324 g/mol. The van der Waals surface area contributed by atoms with E-state index in [1.165, 1.54) is 31.2 Å². The summed E-state index contributed by atoms with van der Waals surface area (Å²) in [6.07, 6.45) is 5.18. The third kappa shape index (κ3) is 4.30. The number of hydrogen-bond donors (Lipinski definition) is 1. The van der Waals surface area contributed by atoms with Crippen LogP contribution in [0.4, 0.5) is 0 Å². The van der Waals surface area contributed by atoms with Crippen LogP contribution in [-0.2, 0) is 0 Å². The van der Waals surface area contributed by atoms with Gasteiger partial charge in [0.25, 0.3) is 0 Å². The summed E-state index contributed by atoms with van der Waals surface area (Å²) >= 11 is 3.58. The average Bonchev–Trinajstić information content (AvgIpc) is 2.38. The summed E-state index contributed by atoms with van der Waals surface area (Å²) in [7, 11) is 2.25. The van der Waals surface area contributed by atoms with Gasteiger partial charge in [-0.05, 0) is 62.8 Å². The van der Waals surface area contributed by atoms with Crippen molar-refractivity contribution in [2.75, 3.05) is 7.05 Å². The molecule has 1 aromatic carbocycles. The fourth-order valence-corrected chi connectivity index (χ4v) is 4.04. The van der Waals surface area contributed by atoms with E-state index in [2.05, 4.69) is 72.9 Å². The maximum Gasteiger partial charge on any atom is 0.0496 e. The fourth-order valence-electron chi connectivity index (χ4n) is 3.62. The second-order valence-corrected chi connectivity index (χ2v) is 8.34. The van der Waals surface area contributed by atoms with E-state index in [-0.39, 0.29) is 12.1 Å². The van der Waals surface area contributed by atoms with Crippen LogP contribution in [0, 0.1) is 5.41 Å². The summed E-state index contributed by atoms with van der Waals surface area (Å²) in [6.45, 7) is 6.90. The normalized spacial score (nSPS) is 22.2. The molecule has 0 bridgehead atoms. The molecular formula is C18H29BrN2. The van der Waals surface area contributed by atoms with Gasteiger partial charge in [-0.1, -0.05) is 41.9 Å². The van der Waals surface area contributed by atoms with Gasteiger partial charge in [-0.3, -0.25) is 4.90 Å². The van der Waals surface area contributed by atoms with Crippen molar-refractivity contribution in [1.82, 2.24) is 4.90 Å². The van der Waals surface area contributed by atoms with E-state index in [1.54, 1.807) is 0 Å². The molecule has 0 spiro atoms. The molecule has 21 heavy (non-hydrogen) atoms. The first kappa shape index (κ1) is 17.0. The number of nitrogens with two attached hydrogens (primary N) is 1. The molecule has 1 aromatic rings. The van der Waals surface area contributed by atoms with Crippen molar-refractivity contribution in [3.8, 4) is 0 Å². The molecule has 2 nitrogen and oxygen atoms in total. The molecule has 3 heteroatoms. The van der Waals surface area contributed by atoms with Gasteiger partial charge in [-0.15, -0.1) is 0 Å². The third-order valence-electron chi connectivity index (χ3n) is 5.01. The minimum Gasteiger partial charge on any atom is -0.326 e. The molecule has 1 aliphatic carbocycles. The largest absolute Gasteiger partial charge is 0.326 e. The summed E-state index contributed by atoms with van der Waals surface area (Å²) in [6, 6.07) is 9.64. The molecule has 0 aliphatic heterocycles. The predicted molar refractivity (Wildman–Crippen MR) is 94.3 cm³/mol. The minimum atomic E-state index is 0.124. The molecule has 0 amide bonds. The highest BCUT2D eigenvalue weighted by Crippen LogP contribution is 2.39. The van der Waals surface area contributed by atoms with Gasteiger partial charge in [0.15, 0.2) is 0 Å². The zero-order valence-corrected chi connectivity index (χ0v) is 15.4. The summed E-state index contributed by atoms with van der Waals surface area (Å²) in [4.78, 5) is 2.52. The number of benzene rings is 1. The summed E-state index contributed by atoms with van der Waals surface area (Å²) in [5.74, 6) is 0. The quantitative estimate of drug-likeness (QED) is 0.847. The van der Waals surface area contributed by atoms with Gasteiger partial charge in [-0.25, -0.2) is 0 Å². The van der Waals surface area contributed by atoms with Gasteiger partial charge in [0, 0.05) is 22.6 Å². The second-order valence-electron chi connectivity index (χ2n) is 7.42. The molecule has 2 unspecified atom stereocenters. The van der Waals surface area contributed by atoms with E-state index in [9.17, 15) is 0 Å². The number of likely N-dealkylation sites (N-methyl/N-ethyl adjacent to an activating group) is 1. The Morgan fingerprint density at radius 3 is 2.43 bits per heavy atom. The molecule has 2 N–H and O–H groups in total. The van der Waals surface area contributed by atoms with Crippen LogP contribution in [0.15, 0.2) is 28.7 Å². The predicted octanol–water partition coefficient (Wildman–Crippen LogP) is 4.74. The number of hydrogen-bond acceptors (Lipinski definition) is 2. The van der Waals surface area contributed by atoms with Crippen molar-refractivity contribution in [2.24, 2.45) is 11.1 Å². The third-order valence-corrected chi connectivity index (χ3v) is 5.50. The topological polar surface area (TPSA) is 29.3 Å². The highest BCUT2D eigenvalue weighted by atomic mass is 79.9. The lowest BCUT2D eigenvalue weighted by molar-refractivity contribution is 0.0856. The molecule has 0 radical (unpaired) electrons. The SMILES string of the molecule is CC(N)C(c1cccc(Br)c1)N(C)C1CCC(C)(C)CC1. The summed E-state index contributed by atoms with van der Waals surface area (Å²) in [5.41, 5.74) is 8.15. The van der Waals surface area contributed by atoms with E-state index in [0.717, 1.165) is 4.47 Å². The molecule has 2 rings (SSSR count). The van der Waals surface area contributed by atoms with E-state index in [1.807, 2.05) is 0 Å². The Hall–Kier alpha value is -0.380. The highest BCUT2D eigenvalue weighted by molar-refractivity contribution is 9.10. The van der Waals surface area contributed by atoms with Gasteiger partial charge in [-0.2, -0.15) is 0 Å². The smallest absolute Gasteiger partial charge is 0.0496 e. The Balaban J connectivity index is 2.15. The standard InChI is InChI=1S/C18H29BrN2/c1-13(20)17(14-6-5-7-15(19)12-14)21(4)16-8-10-18(2,3)11-9-16/h5-7,12-13,16-17H,8-11,20H2,1-4H3. The van der Waals surface area contributed by atoms with E-state index >= 15 is 0 Å². The number of halogens is 1. The minimum absolute atomic E-state index is 0.124. The second kappa shape index (κ2) is 6.80. The lowest BCUT2D eigenvalue weighted by Gasteiger charge is -2.43. The lowest BCUT2D eigenvalue weighted by atomic mass is 9.75. The van der Waals surface area contributed by atoms with Crippen molar-refractivity contribution in [3.05, 3.63) is 34.3 Å². The van der Waals surface area contributed by atoms with Crippen molar-refractivity contribution >= 4 is 15.9 Å². The Morgan fingerprint density at radius 1 is 1.29 bits per heavy atom. The molecule has 1 aliphatic rings. The highest BCUT2D eigenvalue weighted by Gasteiger charge is 2.33. The van der Waals surface area contributed by atoms with Gasteiger partial charge in [0.05, 0.1) is 0 Å². The molecule has 1 fully saturated rings. The molecule has 1 saturated carbocycles. The van der Waals surface area contributed by atoms with Crippen molar-refractivity contribution in [3.63, 3.8) is 0 Å². The van der Waals surface area contributed by atoms with E-state index in [4.69, 9.17) is 5.73 Å². The maximum absolute atomic E-state index is 6.32. The molecule has 2 atom stereocenters. The van der Waals surface area contributed by atoms with E-state index < -0.39 is 0 Å². The Labute approximate surface area is 138 Å². The van der Waals surface area contributed by atoms with Gasteiger partial charge < -0.3 is 5.73 Å². The Morgan fingerprint density at radius 2 is 1.90 bits per heavy atom. The molecule has 118 valence electrons. The van der Waals surface area contributed by atoms with Gasteiger partial charge in [0.1, 0.15) is 0 Å². The zero-order valence-electron chi connectivity index (χ0n) is 13.8. The van der Waals surface area contributed by atoms with Crippen molar-refractivity contribution in [2.45, 2.75) is 64.6 Å². The molecule has 0 aromatic heterocycles. The number of nitrogens with zero attached hydrogens (tertiary/aromatic N) is 1. The van der Waals surface area contributed by atoms with Crippen LogP contribution in [0.3, 0.4) is 0 Å². The van der Waals surface area contributed by atoms with Gasteiger partial charge in [0.2, 0.25) is 0 Å². The first-order valence-corrected chi connectivity index (χ1v) is 8.82. The van der Waals surface area contributed by atoms with Crippen molar-refractivity contribution < 1.29 is 0 Å². The van der Waals surface area contributed by atoms with Crippen LogP contribution in [-0.4, -0.2) is 24.0 Å². The first-order valence-electron chi connectivity index (χ1n) is 8.03. The Kier molecular flexibility index (Phi) is 5.50. The summed E-state index contributed by atoms with van der Waals surface area (Å²) in [5, 5.41) is 0. The summed E-state index contributed by atoms with van der Waals surface area (Å²) < 4.78 is 1.13. The maximum atomic E-state index is 6.32. The lowest BCUT2D eigenvalue weighted by Crippen LogP contribution is -2.45. The molecule has 0 saturated heterocycles. The van der Waals surface area contributed by atoms with Crippen LogP contribution in [0.5, 0.6) is 0 Å². The van der Waals surface area contributed by atoms with Crippen LogP contribution in [0.1, 0.15) is 58.1 Å². The van der Waals surface area contributed by atoms with Crippen LogP contribution < -0.4 is 5.73 Å². The fraction of sp³-hybridized carbons (Fsp3) is 0.667. The molecule has 0 heterocycles. The van der Waals surface area contributed by atoms with Gasteiger partial charge >= 0.3 is 0 Å². The Bertz CT molecular complexity index is 460. The zero-order chi connectivity index (χ0) is 15.6. The first-order chi connectivity index (χ1) is 9.80. The monoisotopic (exact) mass is 352 g/mol.